The Morgan fingerprint density at radius 1 is 1.45 bits per heavy atom. The summed E-state index contributed by atoms with van der Waals surface area (Å²) in [5, 5.41) is 2.79. The summed E-state index contributed by atoms with van der Waals surface area (Å²) >= 11 is 0. The maximum atomic E-state index is 11.7. The van der Waals surface area contributed by atoms with Gasteiger partial charge in [0.15, 0.2) is 0 Å². The number of ether oxygens (including phenoxy) is 1. The Labute approximate surface area is 121 Å². The van der Waals surface area contributed by atoms with E-state index >= 15 is 0 Å². The molecular formula is C15H25N3O2. The molecule has 0 spiro atoms. The molecule has 0 fully saturated rings. The molecule has 0 unspecified atom stereocenters. The molecule has 5 nitrogen and oxygen atoms in total. The topological polar surface area (TPSA) is 67.6 Å². The van der Waals surface area contributed by atoms with Gasteiger partial charge in [0.25, 0.3) is 0 Å². The van der Waals surface area contributed by atoms with Crippen LogP contribution in [0.3, 0.4) is 0 Å². The van der Waals surface area contributed by atoms with Crippen molar-refractivity contribution in [2.75, 3.05) is 32.6 Å². The minimum absolute atomic E-state index is 0.169. The fourth-order valence-electron chi connectivity index (χ4n) is 1.65. The number of hydrogen-bond acceptors (Lipinski definition) is 4. The first-order valence-electron chi connectivity index (χ1n) is 6.97. The molecule has 0 aliphatic rings. The van der Waals surface area contributed by atoms with Gasteiger partial charge in [-0.15, -0.1) is 0 Å². The first-order valence-corrected chi connectivity index (χ1v) is 6.97. The third-order valence-electron chi connectivity index (χ3n) is 2.90. The Balaban J connectivity index is 2.47. The van der Waals surface area contributed by atoms with Crippen LogP contribution in [0.4, 0.5) is 5.69 Å². The van der Waals surface area contributed by atoms with E-state index in [2.05, 4.69) is 10.2 Å². The lowest BCUT2D eigenvalue weighted by Crippen LogP contribution is -2.34. The summed E-state index contributed by atoms with van der Waals surface area (Å²) in [4.78, 5) is 13.8. The van der Waals surface area contributed by atoms with E-state index in [4.69, 9.17) is 10.5 Å². The van der Waals surface area contributed by atoms with Gasteiger partial charge in [0.2, 0.25) is 5.91 Å². The van der Waals surface area contributed by atoms with Gasteiger partial charge in [-0.3, -0.25) is 4.79 Å². The van der Waals surface area contributed by atoms with Crippen molar-refractivity contribution in [3.63, 3.8) is 0 Å². The van der Waals surface area contributed by atoms with Gasteiger partial charge in [0.05, 0.1) is 12.6 Å². The van der Waals surface area contributed by atoms with Gasteiger partial charge in [-0.05, 0) is 39.1 Å². The molecule has 0 aliphatic carbocycles. The van der Waals surface area contributed by atoms with E-state index in [1.807, 2.05) is 45.3 Å². The summed E-state index contributed by atoms with van der Waals surface area (Å²) in [6, 6.07) is 6.90. The molecule has 1 aromatic rings. The fourth-order valence-corrected chi connectivity index (χ4v) is 1.65. The summed E-state index contributed by atoms with van der Waals surface area (Å²) in [5.74, 6) is 0.587. The molecule has 20 heavy (non-hydrogen) atoms. The van der Waals surface area contributed by atoms with Crippen LogP contribution in [0.2, 0.25) is 0 Å². The van der Waals surface area contributed by atoms with Gasteiger partial charge in [-0.25, -0.2) is 0 Å². The quantitative estimate of drug-likeness (QED) is 0.711. The van der Waals surface area contributed by atoms with E-state index in [-0.39, 0.29) is 5.91 Å². The molecule has 3 N–H and O–H groups in total. The minimum atomic E-state index is -0.473. The molecule has 0 bridgehead atoms. The molecule has 0 radical (unpaired) electrons. The highest BCUT2D eigenvalue weighted by molar-refractivity contribution is 5.94. The highest BCUT2D eigenvalue weighted by atomic mass is 16.5. The van der Waals surface area contributed by atoms with Crippen LogP contribution in [0.25, 0.3) is 0 Å². The third-order valence-corrected chi connectivity index (χ3v) is 2.90. The number of hydrogen-bond donors (Lipinski definition) is 2. The molecule has 0 aliphatic heterocycles. The Kier molecular flexibility index (Phi) is 7.04. The Hall–Kier alpha value is -1.59. The highest BCUT2D eigenvalue weighted by Crippen LogP contribution is 2.17. The SMILES string of the molecule is CC[C@H](N)C(=O)Nc1cccc(OCCCN(C)C)c1. The molecule has 0 saturated heterocycles. The van der Waals surface area contributed by atoms with Crippen LogP contribution < -0.4 is 15.8 Å². The lowest BCUT2D eigenvalue weighted by molar-refractivity contribution is -0.117. The number of carbonyl (C=O) groups excluding carboxylic acids is 1. The molecule has 1 aromatic carbocycles. The standard InChI is InChI=1S/C15H25N3O2/c1-4-14(16)15(19)17-12-7-5-8-13(11-12)20-10-6-9-18(2)3/h5,7-8,11,14H,4,6,9-10,16H2,1-3H3,(H,17,19)/t14-/m0/s1. The van der Waals surface area contributed by atoms with Gasteiger partial charge in [-0.1, -0.05) is 13.0 Å². The van der Waals surface area contributed by atoms with Crippen LogP contribution in [0, 0.1) is 0 Å². The van der Waals surface area contributed by atoms with Crippen LogP contribution in [0.15, 0.2) is 24.3 Å². The van der Waals surface area contributed by atoms with Gasteiger partial charge in [0.1, 0.15) is 5.75 Å². The zero-order valence-corrected chi connectivity index (χ0v) is 12.6. The molecule has 112 valence electrons. The van der Waals surface area contributed by atoms with Gasteiger partial charge in [-0.2, -0.15) is 0 Å². The number of nitrogens with two attached hydrogens (primary N) is 1. The second kappa shape index (κ2) is 8.55. The average Bonchev–Trinajstić information content (AvgIpc) is 2.43. The lowest BCUT2D eigenvalue weighted by Gasteiger charge is -2.12. The van der Waals surface area contributed by atoms with Crippen molar-refractivity contribution in [2.24, 2.45) is 5.73 Å². The second-order valence-electron chi connectivity index (χ2n) is 5.04. The van der Waals surface area contributed by atoms with Crippen molar-refractivity contribution >= 4 is 11.6 Å². The fraction of sp³-hybridized carbons (Fsp3) is 0.533. The predicted octanol–water partition coefficient (Wildman–Crippen LogP) is 1.69. The first kappa shape index (κ1) is 16.5. The van der Waals surface area contributed by atoms with Crippen molar-refractivity contribution in [1.82, 2.24) is 4.90 Å². The number of amides is 1. The van der Waals surface area contributed by atoms with Crippen molar-refractivity contribution in [3.8, 4) is 5.75 Å². The van der Waals surface area contributed by atoms with E-state index in [1.54, 1.807) is 0 Å². The van der Waals surface area contributed by atoms with Crippen molar-refractivity contribution in [2.45, 2.75) is 25.8 Å². The largest absolute Gasteiger partial charge is 0.493 e. The van der Waals surface area contributed by atoms with Crippen LogP contribution in [0.5, 0.6) is 5.75 Å². The molecular weight excluding hydrogens is 254 g/mol. The minimum Gasteiger partial charge on any atom is -0.493 e. The average molecular weight is 279 g/mol. The number of anilines is 1. The predicted molar refractivity (Wildman–Crippen MR) is 82.0 cm³/mol. The zero-order chi connectivity index (χ0) is 15.0. The molecule has 0 aromatic heterocycles. The van der Waals surface area contributed by atoms with E-state index in [9.17, 15) is 4.79 Å². The van der Waals surface area contributed by atoms with E-state index < -0.39 is 6.04 Å². The molecule has 1 amide bonds. The Bertz CT molecular complexity index is 421. The molecule has 1 rings (SSSR count). The highest BCUT2D eigenvalue weighted by Gasteiger charge is 2.11. The van der Waals surface area contributed by atoms with Gasteiger partial charge >= 0.3 is 0 Å². The molecule has 0 saturated carbocycles. The van der Waals surface area contributed by atoms with Gasteiger partial charge < -0.3 is 20.7 Å². The zero-order valence-electron chi connectivity index (χ0n) is 12.6. The maximum absolute atomic E-state index is 11.7. The van der Waals surface area contributed by atoms with Crippen LogP contribution >= 0.6 is 0 Å². The normalized spacial score (nSPS) is 12.2. The maximum Gasteiger partial charge on any atom is 0.241 e. The summed E-state index contributed by atoms with van der Waals surface area (Å²) in [7, 11) is 4.07. The molecule has 0 heterocycles. The number of nitrogens with one attached hydrogen (secondary N) is 1. The Morgan fingerprint density at radius 2 is 2.20 bits per heavy atom. The number of nitrogens with zero attached hydrogens (tertiary/aromatic N) is 1. The Morgan fingerprint density at radius 3 is 2.85 bits per heavy atom. The van der Waals surface area contributed by atoms with Crippen molar-refractivity contribution in [3.05, 3.63) is 24.3 Å². The summed E-state index contributed by atoms with van der Waals surface area (Å²) in [5.41, 5.74) is 6.39. The second-order valence-corrected chi connectivity index (χ2v) is 5.04. The van der Waals surface area contributed by atoms with E-state index in [1.165, 1.54) is 0 Å². The van der Waals surface area contributed by atoms with E-state index in [0.29, 0.717) is 18.7 Å². The van der Waals surface area contributed by atoms with Crippen molar-refractivity contribution in [1.29, 1.82) is 0 Å². The smallest absolute Gasteiger partial charge is 0.241 e. The van der Waals surface area contributed by atoms with Crippen LogP contribution in [-0.4, -0.2) is 44.1 Å². The molecule has 1 atom stereocenters. The van der Waals surface area contributed by atoms with Gasteiger partial charge in [0, 0.05) is 18.3 Å². The molecule has 5 heteroatoms. The number of benzene rings is 1. The summed E-state index contributed by atoms with van der Waals surface area (Å²) in [6.07, 6.45) is 1.58. The summed E-state index contributed by atoms with van der Waals surface area (Å²) in [6.45, 7) is 3.53. The third kappa shape index (κ3) is 6.04. The van der Waals surface area contributed by atoms with Crippen LogP contribution in [0.1, 0.15) is 19.8 Å². The monoisotopic (exact) mass is 279 g/mol. The number of carbonyl (C=O) groups is 1. The van der Waals surface area contributed by atoms with Crippen LogP contribution in [-0.2, 0) is 4.79 Å². The number of rotatable bonds is 8. The lowest BCUT2D eigenvalue weighted by atomic mass is 10.2. The van der Waals surface area contributed by atoms with Crippen molar-refractivity contribution < 1.29 is 9.53 Å². The summed E-state index contributed by atoms with van der Waals surface area (Å²) < 4.78 is 5.66. The van der Waals surface area contributed by atoms with E-state index in [0.717, 1.165) is 18.7 Å². The first-order chi connectivity index (χ1) is 9.52.